The summed E-state index contributed by atoms with van der Waals surface area (Å²) in [4.78, 5) is 4.66. The molecule has 0 aliphatic carbocycles. The first kappa shape index (κ1) is 14.3. The number of fused-ring (bicyclic) bond motifs is 1. The lowest BCUT2D eigenvalue weighted by molar-refractivity contribution is 0.917. The quantitative estimate of drug-likeness (QED) is 0.427. The number of aryl methyl sites for hydroxylation is 2. The first-order valence-corrected chi connectivity index (χ1v) is 8.00. The molecule has 0 aliphatic heterocycles. The highest BCUT2D eigenvalue weighted by Crippen LogP contribution is 2.24. The van der Waals surface area contributed by atoms with Crippen LogP contribution < -0.4 is 0 Å². The van der Waals surface area contributed by atoms with E-state index >= 15 is 0 Å². The maximum absolute atomic E-state index is 4.66. The number of rotatable bonds is 2. The molecular formula is C18H17IN2. The van der Waals surface area contributed by atoms with Gasteiger partial charge >= 0.3 is 0 Å². The molecule has 3 heteroatoms. The summed E-state index contributed by atoms with van der Waals surface area (Å²) in [5.74, 6) is 0. The highest BCUT2D eigenvalue weighted by molar-refractivity contribution is 14.1. The number of aliphatic imine (C=N–C) groups is 1. The second-order valence-corrected chi connectivity index (χ2v) is 6.43. The van der Waals surface area contributed by atoms with Crippen LogP contribution in [-0.4, -0.2) is 10.8 Å². The second kappa shape index (κ2) is 5.64. The minimum atomic E-state index is 1.00. The van der Waals surface area contributed by atoms with Crippen molar-refractivity contribution in [3.8, 4) is 0 Å². The molecule has 0 atom stereocenters. The molecule has 0 N–H and O–H groups in total. The Hall–Kier alpha value is -1.62. The summed E-state index contributed by atoms with van der Waals surface area (Å²) in [6.45, 7) is 4.25. The third kappa shape index (κ3) is 2.62. The zero-order chi connectivity index (χ0) is 15.0. The fourth-order valence-corrected chi connectivity index (χ4v) is 2.90. The summed E-state index contributed by atoms with van der Waals surface area (Å²) >= 11 is 2.35. The van der Waals surface area contributed by atoms with Gasteiger partial charge in [-0.1, -0.05) is 18.2 Å². The average Bonchev–Trinajstić information content (AvgIpc) is 2.73. The van der Waals surface area contributed by atoms with Gasteiger partial charge in [-0.25, -0.2) is 0 Å². The summed E-state index contributed by atoms with van der Waals surface area (Å²) in [6, 6.07) is 14.7. The number of hydrogen-bond donors (Lipinski definition) is 0. The third-order valence-electron chi connectivity index (χ3n) is 3.93. The molecule has 1 heterocycles. The van der Waals surface area contributed by atoms with E-state index in [9.17, 15) is 0 Å². The molecule has 0 bridgehead atoms. The van der Waals surface area contributed by atoms with Gasteiger partial charge in [0, 0.05) is 39.0 Å². The Labute approximate surface area is 138 Å². The Kier molecular flexibility index (Phi) is 3.85. The molecule has 0 amide bonds. The predicted molar refractivity (Wildman–Crippen MR) is 98.8 cm³/mol. The number of benzene rings is 2. The van der Waals surface area contributed by atoms with E-state index in [4.69, 9.17) is 0 Å². The minimum Gasteiger partial charge on any atom is -0.347 e. The van der Waals surface area contributed by atoms with Gasteiger partial charge in [0.25, 0.3) is 0 Å². The maximum atomic E-state index is 4.66. The molecule has 0 radical (unpaired) electrons. The molecule has 0 saturated carbocycles. The predicted octanol–water partition coefficient (Wildman–Crippen LogP) is 5.15. The normalized spacial score (nSPS) is 11.6. The summed E-state index contributed by atoms with van der Waals surface area (Å²) in [6.07, 6.45) is 1.99. The number of halogens is 1. The van der Waals surface area contributed by atoms with Crippen LogP contribution >= 0.6 is 22.6 Å². The van der Waals surface area contributed by atoms with Crippen molar-refractivity contribution in [3.63, 3.8) is 0 Å². The fourth-order valence-electron chi connectivity index (χ4n) is 2.56. The van der Waals surface area contributed by atoms with Crippen molar-refractivity contribution in [2.45, 2.75) is 13.8 Å². The number of para-hydroxylation sites is 1. The Morgan fingerprint density at radius 2 is 1.86 bits per heavy atom. The molecule has 2 aromatic carbocycles. The standard InChI is InChI=1S/C18H17IN2/c1-12-10-14(8-9-17(12)19)20-11-16-13(2)21(3)18-7-5-4-6-15(16)18/h4-11H,1-3H3. The second-order valence-electron chi connectivity index (χ2n) is 5.27. The van der Waals surface area contributed by atoms with Crippen LogP contribution in [0.1, 0.15) is 16.8 Å². The van der Waals surface area contributed by atoms with Gasteiger partial charge < -0.3 is 4.57 Å². The van der Waals surface area contributed by atoms with Gasteiger partial charge in [-0.15, -0.1) is 0 Å². The van der Waals surface area contributed by atoms with Crippen molar-refractivity contribution in [1.29, 1.82) is 0 Å². The zero-order valence-electron chi connectivity index (χ0n) is 12.4. The lowest BCUT2D eigenvalue weighted by Crippen LogP contribution is -1.91. The van der Waals surface area contributed by atoms with Crippen LogP contribution in [0.5, 0.6) is 0 Å². The summed E-state index contributed by atoms with van der Waals surface area (Å²) in [5.41, 5.74) is 5.95. The van der Waals surface area contributed by atoms with E-state index in [-0.39, 0.29) is 0 Å². The molecule has 3 aromatic rings. The van der Waals surface area contributed by atoms with Crippen molar-refractivity contribution < 1.29 is 0 Å². The van der Waals surface area contributed by atoms with Crippen molar-refractivity contribution in [2.24, 2.45) is 12.0 Å². The SMILES string of the molecule is Cc1cc(N=Cc2c(C)n(C)c3ccccc23)ccc1I. The molecule has 0 unspecified atom stereocenters. The van der Waals surface area contributed by atoms with Crippen LogP contribution in [-0.2, 0) is 7.05 Å². The largest absolute Gasteiger partial charge is 0.347 e. The van der Waals surface area contributed by atoms with Crippen molar-refractivity contribution >= 4 is 45.4 Å². The van der Waals surface area contributed by atoms with Gasteiger partial charge in [-0.05, 0) is 66.3 Å². The minimum absolute atomic E-state index is 1.00. The Morgan fingerprint density at radius 1 is 1.10 bits per heavy atom. The van der Waals surface area contributed by atoms with Gasteiger partial charge in [0.05, 0.1) is 5.69 Å². The number of hydrogen-bond acceptors (Lipinski definition) is 1. The molecule has 1 aromatic heterocycles. The van der Waals surface area contributed by atoms with Crippen molar-refractivity contribution in [3.05, 3.63) is 62.9 Å². The van der Waals surface area contributed by atoms with E-state index in [0.29, 0.717) is 0 Å². The summed E-state index contributed by atoms with van der Waals surface area (Å²) in [5, 5.41) is 1.25. The Balaban J connectivity index is 2.07. The van der Waals surface area contributed by atoms with Crippen LogP contribution in [0.15, 0.2) is 47.5 Å². The van der Waals surface area contributed by atoms with Gasteiger partial charge in [0.2, 0.25) is 0 Å². The smallest absolute Gasteiger partial charge is 0.0633 e. The highest BCUT2D eigenvalue weighted by atomic mass is 127. The van der Waals surface area contributed by atoms with E-state index in [0.717, 1.165) is 5.69 Å². The molecule has 21 heavy (non-hydrogen) atoms. The van der Waals surface area contributed by atoms with Gasteiger partial charge in [-0.2, -0.15) is 0 Å². The highest BCUT2D eigenvalue weighted by Gasteiger charge is 2.09. The zero-order valence-corrected chi connectivity index (χ0v) is 14.5. The van der Waals surface area contributed by atoms with E-state index in [1.807, 2.05) is 6.21 Å². The van der Waals surface area contributed by atoms with Gasteiger partial charge in [0.1, 0.15) is 0 Å². The van der Waals surface area contributed by atoms with Crippen molar-refractivity contribution in [1.82, 2.24) is 4.57 Å². The lowest BCUT2D eigenvalue weighted by Gasteiger charge is -2.00. The molecule has 0 aliphatic rings. The van der Waals surface area contributed by atoms with Crippen LogP contribution in [0, 0.1) is 17.4 Å². The van der Waals surface area contributed by atoms with Crippen LogP contribution in [0.25, 0.3) is 10.9 Å². The van der Waals surface area contributed by atoms with E-state index in [2.05, 4.69) is 95.5 Å². The monoisotopic (exact) mass is 388 g/mol. The molecule has 0 fully saturated rings. The first-order valence-electron chi connectivity index (χ1n) is 6.92. The van der Waals surface area contributed by atoms with E-state index < -0.39 is 0 Å². The van der Waals surface area contributed by atoms with Crippen molar-refractivity contribution in [2.75, 3.05) is 0 Å². The summed E-state index contributed by atoms with van der Waals surface area (Å²) < 4.78 is 3.49. The maximum Gasteiger partial charge on any atom is 0.0633 e. The molecule has 3 rings (SSSR count). The Morgan fingerprint density at radius 3 is 2.62 bits per heavy atom. The van der Waals surface area contributed by atoms with Crippen LogP contribution in [0.3, 0.4) is 0 Å². The molecule has 0 saturated heterocycles. The van der Waals surface area contributed by atoms with E-state index in [1.54, 1.807) is 0 Å². The van der Waals surface area contributed by atoms with Gasteiger partial charge in [0.15, 0.2) is 0 Å². The third-order valence-corrected chi connectivity index (χ3v) is 5.14. The van der Waals surface area contributed by atoms with Crippen LogP contribution in [0.4, 0.5) is 5.69 Å². The fraction of sp³-hybridized carbons (Fsp3) is 0.167. The molecule has 0 spiro atoms. The first-order chi connectivity index (χ1) is 10.1. The van der Waals surface area contributed by atoms with Gasteiger partial charge in [-0.3, -0.25) is 4.99 Å². The topological polar surface area (TPSA) is 17.3 Å². The lowest BCUT2D eigenvalue weighted by atomic mass is 10.1. The average molecular weight is 388 g/mol. The molecule has 106 valence electrons. The Bertz CT molecular complexity index is 844. The summed E-state index contributed by atoms with van der Waals surface area (Å²) in [7, 11) is 2.10. The number of nitrogens with zero attached hydrogens (tertiary/aromatic N) is 2. The molecular weight excluding hydrogens is 371 g/mol. The van der Waals surface area contributed by atoms with Crippen LogP contribution in [0.2, 0.25) is 0 Å². The number of aromatic nitrogens is 1. The van der Waals surface area contributed by atoms with E-state index in [1.165, 1.54) is 31.3 Å². The molecule has 2 nitrogen and oxygen atoms in total.